The lowest BCUT2D eigenvalue weighted by atomic mass is 9.97. The fourth-order valence-electron chi connectivity index (χ4n) is 4.79. The van der Waals surface area contributed by atoms with Crippen LogP contribution in [-0.2, 0) is 28.6 Å². The summed E-state index contributed by atoms with van der Waals surface area (Å²) in [5.41, 5.74) is 0. The van der Waals surface area contributed by atoms with E-state index >= 15 is 0 Å². The Bertz CT molecular complexity index is 742. The minimum absolute atomic E-state index is 0.0226. The molecule has 220 valence electrons. The maximum atomic E-state index is 12.4. The number of carbonyl (C=O) groups is 3. The number of aliphatic hydroxyl groups is 4. The monoisotopic (exact) mass is 547 g/mol. The van der Waals surface area contributed by atoms with Crippen LogP contribution in [0.1, 0.15) is 58.3 Å². The second-order valence-electron chi connectivity index (χ2n) is 9.97. The second-order valence-corrected chi connectivity index (χ2v) is 9.97. The van der Waals surface area contributed by atoms with E-state index in [-0.39, 0.29) is 24.5 Å². The van der Waals surface area contributed by atoms with Crippen LogP contribution in [0.3, 0.4) is 0 Å². The molecular formula is C25H45N3O10. The third-order valence-corrected chi connectivity index (χ3v) is 6.79. The first-order chi connectivity index (χ1) is 18.2. The van der Waals surface area contributed by atoms with Crippen LogP contribution in [0.15, 0.2) is 0 Å². The van der Waals surface area contributed by atoms with Crippen LogP contribution in [0.2, 0.25) is 0 Å². The Balaban J connectivity index is 1.55. The number of nitrogens with one attached hydrogen (secondary N) is 2. The predicted molar refractivity (Wildman–Crippen MR) is 135 cm³/mol. The quantitative estimate of drug-likeness (QED) is 0.123. The van der Waals surface area contributed by atoms with Crippen LogP contribution in [-0.4, -0.2) is 126 Å². The molecule has 0 spiro atoms. The molecule has 13 heteroatoms. The number of methoxy groups -OCH3 is 1. The molecule has 2 fully saturated rings. The lowest BCUT2D eigenvalue weighted by Crippen LogP contribution is -2.64. The van der Waals surface area contributed by atoms with E-state index in [9.17, 15) is 34.8 Å². The standard InChI is InChI=1S/C25H45N3O10/c1-16(30)27-22-24(35)23(34)19(14-29)38-25(22)37-11-7-5-8-20(32)26-10-6-3-4-9-21(33)28-13-18(31)12-17(28)15-36-2/h17-19,22-25,29,31,34-35H,3-15H2,1-2H3,(H,26,32)(H,27,30)/t17-,18+,19?,22?,23?,24?,25?/m0/s1. The highest BCUT2D eigenvalue weighted by atomic mass is 16.7. The van der Waals surface area contributed by atoms with Crippen molar-refractivity contribution in [2.75, 3.05) is 40.0 Å². The number of likely N-dealkylation sites (tertiary alicyclic amines) is 1. The van der Waals surface area contributed by atoms with Crippen molar-refractivity contribution in [3.63, 3.8) is 0 Å². The molecule has 38 heavy (non-hydrogen) atoms. The van der Waals surface area contributed by atoms with Crippen molar-refractivity contribution in [3.05, 3.63) is 0 Å². The van der Waals surface area contributed by atoms with Crippen LogP contribution in [0, 0.1) is 0 Å². The molecule has 0 aromatic heterocycles. The van der Waals surface area contributed by atoms with Gasteiger partial charge >= 0.3 is 0 Å². The zero-order chi connectivity index (χ0) is 28.1. The number of aliphatic hydroxyl groups excluding tert-OH is 4. The van der Waals surface area contributed by atoms with Crippen LogP contribution in [0.25, 0.3) is 0 Å². The maximum absolute atomic E-state index is 12.4. The van der Waals surface area contributed by atoms with E-state index in [1.54, 1.807) is 12.0 Å². The van der Waals surface area contributed by atoms with Crippen LogP contribution < -0.4 is 10.6 Å². The highest BCUT2D eigenvalue weighted by Crippen LogP contribution is 2.23. The van der Waals surface area contributed by atoms with Gasteiger partial charge in [-0.3, -0.25) is 14.4 Å². The lowest BCUT2D eigenvalue weighted by molar-refractivity contribution is -0.270. The molecule has 13 nitrogen and oxygen atoms in total. The van der Waals surface area contributed by atoms with Crippen LogP contribution in [0.5, 0.6) is 0 Å². The van der Waals surface area contributed by atoms with Gasteiger partial charge in [0.1, 0.15) is 24.4 Å². The highest BCUT2D eigenvalue weighted by molar-refractivity contribution is 5.77. The molecule has 0 aromatic rings. The van der Waals surface area contributed by atoms with Gasteiger partial charge in [-0.05, 0) is 32.1 Å². The fraction of sp³-hybridized carbons (Fsp3) is 0.880. The topological polar surface area (TPSA) is 187 Å². The largest absolute Gasteiger partial charge is 0.394 e. The molecular weight excluding hydrogens is 502 g/mol. The molecule has 7 atom stereocenters. The van der Waals surface area contributed by atoms with E-state index in [2.05, 4.69) is 10.6 Å². The molecule has 2 heterocycles. The van der Waals surface area contributed by atoms with E-state index < -0.39 is 49.3 Å². The summed E-state index contributed by atoms with van der Waals surface area (Å²) in [4.78, 5) is 37.7. The average molecular weight is 548 g/mol. The SMILES string of the molecule is COC[C@@H]1C[C@@H](O)CN1C(=O)CCCCCNC(=O)CCCCOC1OC(CO)C(O)C(O)C1NC(C)=O. The first-order valence-corrected chi connectivity index (χ1v) is 13.4. The Hall–Kier alpha value is -1.87. The molecule has 0 aliphatic carbocycles. The van der Waals surface area contributed by atoms with E-state index in [0.29, 0.717) is 58.2 Å². The molecule has 0 bridgehead atoms. The number of unbranched alkanes of at least 4 members (excludes halogenated alkanes) is 3. The Morgan fingerprint density at radius 3 is 2.45 bits per heavy atom. The summed E-state index contributed by atoms with van der Waals surface area (Å²) in [7, 11) is 1.58. The third kappa shape index (κ3) is 10.4. The molecule has 6 N–H and O–H groups in total. The van der Waals surface area contributed by atoms with Crippen molar-refractivity contribution >= 4 is 17.7 Å². The number of nitrogens with zero attached hydrogens (tertiary/aromatic N) is 1. The summed E-state index contributed by atoms with van der Waals surface area (Å²) in [6.07, 6.45) is -0.698. The van der Waals surface area contributed by atoms with Gasteiger partial charge in [-0.15, -0.1) is 0 Å². The normalized spacial score (nSPS) is 29.3. The van der Waals surface area contributed by atoms with Gasteiger partial charge in [0, 0.05) is 46.6 Å². The number of β-amino-alcohol motifs (C(OH)–C–C–N with tert-alkyl or cyclic N) is 1. The van der Waals surface area contributed by atoms with Gasteiger partial charge < -0.3 is 50.2 Å². The first kappa shape index (κ1) is 32.3. The zero-order valence-corrected chi connectivity index (χ0v) is 22.4. The number of rotatable bonds is 16. The van der Waals surface area contributed by atoms with E-state index in [0.717, 1.165) is 12.8 Å². The third-order valence-electron chi connectivity index (χ3n) is 6.79. The second kappa shape index (κ2) is 17.0. The van der Waals surface area contributed by atoms with Crippen LogP contribution in [0.4, 0.5) is 0 Å². The van der Waals surface area contributed by atoms with Crippen molar-refractivity contribution in [2.45, 2.75) is 101 Å². The minimum atomic E-state index is -1.37. The van der Waals surface area contributed by atoms with E-state index in [1.165, 1.54) is 6.92 Å². The van der Waals surface area contributed by atoms with Gasteiger partial charge in [-0.2, -0.15) is 0 Å². The number of hydrogen-bond acceptors (Lipinski definition) is 10. The smallest absolute Gasteiger partial charge is 0.222 e. The lowest BCUT2D eigenvalue weighted by Gasteiger charge is -2.42. The molecule has 5 unspecified atom stereocenters. The van der Waals surface area contributed by atoms with Crippen molar-refractivity contribution < 1.29 is 49.0 Å². The number of amides is 3. The Morgan fingerprint density at radius 1 is 1.03 bits per heavy atom. The molecule has 0 aromatic carbocycles. The summed E-state index contributed by atoms with van der Waals surface area (Å²) in [6, 6.07) is -1.06. The average Bonchev–Trinajstić information content (AvgIpc) is 3.25. The van der Waals surface area contributed by atoms with Gasteiger partial charge in [-0.25, -0.2) is 0 Å². The summed E-state index contributed by atoms with van der Waals surface area (Å²) in [5, 5.41) is 44.8. The fourth-order valence-corrected chi connectivity index (χ4v) is 4.79. The Labute approximate surface area is 223 Å². The Kier molecular flexibility index (Phi) is 14.4. The molecule has 2 rings (SSSR count). The molecule has 0 saturated carbocycles. The van der Waals surface area contributed by atoms with Gasteiger partial charge in [0.25, 0.3) is 0 Å². The van der Waals surface area contributed by atoms with Gasteiger partial charge in [0.05, 0.1) is 25.4 Å². The predicted octanol–water partition coefficient (Wildman–Crippen LogP) is -1.60. The Morgan fingerprint density at radius 2 is 1.76 bits per heavy atom. The number of carbonyl (C=O) groups excluding carboxylic acids is 3. The molecule has 3 amide bonds. The number of ether oxygens (including phenoxy) is 3. The molecule has 2 saturated heterocycles. The highest BCUT2D eigenvalue weighted by Gasteiger charge is 2.45. The molecule has 0 radical (unpaired) electrons. The first-order valence-electron chi connectivity index (χ1n) is 13.4. The summed E-state index contributed by atoms with van der Waals surface area (Å²) >= 11 is 0. The summed E-state index contributed by atoms with van der Waals surface area (Å²) in [5.74, 6) is -0.487. The number of hydrogen-bond donors (Lipinski definition) is 6. The van der Waals surface area contributed by atoms with E-state index in [4.69, 9.17) is 14.2 Å². The molecule has 2 aliphatic rings. The van der Waals surface area contributed by atoms with Gasteiger partial charge in [-0.1, -0.05) is 6.42 Å². The summed E-state index contributed by atoms with van der Waals surface area (Å²) < 4.78 is 16.3. The van der Waals surface area contributed by atoms with Gasteiger partial charge in [0.2, 0.25) is 17.7 Å². The van der Waals surface area contributed by atoms with Crippen molar-refractivity contribution in [2.24, 2.45) is 0 Å². The van der Waals surface area contributed by atoms with Crippen molar-refractivity contribution in [1.82, 2.24) is 15.5 Å². The molecule has 2 aliphatic heterocycles. The van der Waals surface area contributed by atoms with E-state index in [1.807, 2.05) is 0 Å². The maximum Gasteiger partial charge on any atom is 0.222 e. The zero-order valence-electron chi connectivity index (χ0n) is 22.4. The summed E-state index contributed by atoms with van der Waals surface area (Å²) in [6.45, 7) is 2.25. The minimum Gasteiger partial charge on any atom is -0.394 e. The van der Waals surface area contributed by atoms with Crippen molar-refractivity contribution in [1.29, 1.82) is 0 Å². The van der Waals surface area contributed by atoms with Gasteiger partial charge in [0.15, 0.2) is 6.29 Å². The van der Waals surface area contributed by atoms with Crippen LogP contribution >= 0.6 is 0 Å². The van der Waals surface area contributed by atoms with Crippen molar-refractivity contribution in [3.8, 4) is 0 Å².